The highest BCUT2D eigenvalue weighted by molar-refractivity contribution is 7.90. The number of nitrogens with zero attached hydrogens (tertiary/aromatic N) is 1. The summed E-state index contributed by atoms with van der Waals surface area (Å²) >= 11 is 0. The Morgan fingerprint density at radius 2 is 1.52 bits per heavy atom. The second kappa shape index (κ2) is 13.8. The Morgan fingerprint density at radius 1 is 0.854 bits per heavy atom. The van der Waals surface area contributed by atoms with Gasteiger partial charge in [-0.15, -0.1) is 0 Å². The van der Waals surface area contributed by atoms with Crippen LogP contribution in [0.15, 0.2) is 108 Å². The van der Waals surface area contributed by atoms with Crippen LogP contribution in [0.4, 0.5) is 13.2 Å². The van der Waals surface area contributed by atoms with Gasteiger partial charge in [0.15, 0.2) is 5.76 Å². The summed E-state index contributed by atoms with van der Waals surface area (Å²) in [7, 11) is -3.19. The van der Waals surface area contributed by atoms with E-state index in [9.17, 15) is 26.4 Å². The van der Waals surface area contributed by atoms with E-state index in [4.69, 9.17) is 4.52 Å². The summed E-state index contributed by atoms with van der Waals surface area (Å²) in [5.74, 6) is -0.313. The van der Waals surface area contributed by atoms with Gasteiger partial charge in [-0.05, 0) is 63.9 Å². The number of benzene rings is 4. The molecule has 0 aliphatic carbocycles. The predicted octanol–water partition coefficient (Wildman–Crippen LogP) is 8.47. The Balaban J connectivity index is 1.44. The zero-order valence-electron chi connectivity index (χ0n) is 27.1. The number of rotatable bonds is 10. The smallest absolute Gasteiger partial charge is 0.356 e. The Bertz CT molecular complexity index is 1990. The molecule has 250 valence electrons. The molecule has 1 atom stereocenters. The second-order valence-electron chi connectivity index (χ2n) is 13.0. The van der Waals surface area contributed by atoms with E-state index >= 15 is 0 Å². The predicted molar refractivity (Wildman–Crippen MR) is 182 cm³/mol. The molecule has 6 nitrogen and oxygen atoms in total. The molecule has 5 rings (SSSR count). The fourth-order valence-corrected chi connectivity index (χ4v) is 5.97. The number of sulfone groups is 1. The summed E-state index contributed by atoms with van der Waals surface area (Å²) in [6.45, 7) is 6.45. The average Bonchev–Trinajstić information content (AvgIpc) is 3.53. The molecular formula is C38H37F3N2O4S. The normalized spacial score (nSPS) is 12.9. The van der Waals surface area contributed by atoms with Crippen molar-refractivity contribution in [2.45, 2.75) is 44.7 Å². The molecular weight excluding hydrogens is 637 g/mol. The zero-order valence-corrected chi connectivity index (χ0v) is 28.0. The lowest BCUT2D eigenvalue weighted by Crippen LogP contribution is -2.28. The van der Waals surface area contributed by atoms with Gasteiger partial charge in [0.2, 0.25) is 0 Å². The fraction of sp³-hybridized carbons (Fsp3) is 0.263. The molecule has 5 aromatic rings. The number of halogens is 3. The van der Waals surface area contributed by atoms with Crippen LogP contribution in [0.2, 0.25) is 0 Å². The molecule has 0 radical (unpaired) electrons. The molecule has 0 aliphatic heterocycles. The number of hydrogen-bond donors (Lipinski definition) is 1. The molecule has 0 aliphatic rings. The summed E-state index contributed by atoms with van der Waals surface area (Å²) < 4.78 is 69.9. The van der Waals surface area contributed by atoms with Crippen molar-refractivity contribution in [3.63, 3.8) is 0 Å². The van der Waals surface area contributed by atoms with E-state index in [0.717, 1.165) is 23.4 Å². The quantitative estimate of drug-likeness (QED) is 0.161. The fourth-order valence-electron chi connectivity index (χ4n) is 5.50. The molecule has 0 fully saturated rings. The first-order valence-electron chi connectivity index (χ1n) is 15.5. The minimum Gasteiger partial charge on any atom is -0.356 e. The van der Waals surface area contributed by atoms with E-state index in [2.05, 4.69) is 55.5 Å². The van der Waals surface area contributed by atoms with Crippen molar-refractivity contribution in [1.29, 1.82) is 0 Å². The standard InChI is InChI=1S/C38H37F3N2O4S/c1-37(2,3)30-18-16-26(17-19-30)32(22-25-12-14-27(15-13-25)36(44)42-20-21-48(4,45)46)34-24-35(47-43-34)29-9-7-8-28(23-29)31-10-5-6-11-33(31)38(39,40)41/h5-19,23-24,32H,20-22H2,1-4H3,(H,42,44). The first kappa shape index (κ1) is 34.6. The molecule has 0 bridgehead atoms. The Kier molecular flexibility index (Phi) is 9.96. The van der Waals surface area contributed by atoms with E-state index in [-0.39, 0.29) is 35.1 Å². The van der Waals surface area contributed by atoms with E-state index in [1.165, 1.54) is 17.7 Å². The van der Waals surface area contributed by atoms with E-state index in [0.29, 0.717) is 34.6 Å². The van der Waals surface area contributed by atoms with Gasteiger partial charge in [-0.1, -0.05) is 98.7 Å². The van der Waals surface area contributed by atoms with Crippen LogP contribution in [0.3, 0.4) is 0 Å². The number of nitrogens with one attached hydrogen (secondary N) is 1. The average molecular weight is 675 g/mol. The van der Waals surface area contributed by atoms with Crippen LogP contribution < -0.4 is 5.32 Å². The van der Waals surface area contributed by atoms with Crippen LogP contribution in [0.1, 0.15) is 65.0 Å². The SMILES string of the molecule is CC(C)(C)c1ccc(C(Cc2ccc(C(=O)NCCS(C)(=O)=O)cc2)c2cc(-c3cccc(-c4ccccc4C(F)(F)F)c3)on2)cc1. The molecule has 1 unspecified atom stereocenters. The third-order valence-corrected chi connectivity index (χ3v) is 9.12. The molecule has 4 aromatic carbocycles. The van der Waals surface area contributed by atoms with Crippen molar-refractivity contribution in [1.82, 2.24) is 10.5 Å². The minimum atomic E-state index is -4.50. The number of alkyl halides is 3. The summed E-state index contributed by atoms with van der Waals surface area (Å²) in [5, 5.41) is 7.06. The van der Waals surface area contributed by atoms with Crippen molar-refractivity contribution in [2.24, 2.45) is 0 Å². The number of hydrogen-bond acceptors (Lipinski definition) is 5. The monoisotopic (exact) mass is 674 g/mol. The van der Waals surface area contributed by atoms with Gasteiger partial charge in [0.05, 0.1) is 17.0 Å². The number of carbonyl (C=O) groups is 1. The highest BCUT2D eigenvalue weighted by atomic mass is 32.2. The van der Waals surface area contributed by atoms with Gasteiger partial charge in [-0.25, -0.2) is 8.42 Å². The van der Waals surface area contributed by atoms with E-state index in [1.54, 1.807) is 42.5 Å². The third-order valence-electron chi connectivity index (χ3n) is 8.17. The Labute approximate surface area is 278 Å². The van der Waals surface area contributed by atoms with Gasteiger partial charge in [0.1, 0.15) is 9.84 Å². The van der Waals surface area contributed by atoms with Crippen LogP contribution in [-0.4, -0.2) is 38.0 Å². The van der Waals surface area contributed by atoms with Gasteiger partial charge in [-0.3, -0.25) is 4.79 Å². The lowest BCUT2D eigenvalue weighted by Gasteiger charge is -2.21. The maximum Gasteiger partial charge on any atom is 0.417 e. The molecule has 1 heterocycles. The highest BCUT2D eigenvalue weighted by Crippen LogP contribution is 2.39. The zero-order chi connectivity index (χ0) is 34.7. The molecule has 48 heavy (non-hydrogen) atoms. The van der Waals surface area contributed by atoms with Gasteiger partial charge in [0, 0.05) is 35.9 Å². The van der Waals surface area contributed by atoms with Crippen molar-refractivity contribution >= 4 is 15.7 Å². The van der Waals surface area contributed by atoms with Gasteiger partial charge < -0.3 is 9.84 Å². The first-order valence-corrected chi connectivity index (χ1v) is 17.5. The second-order valence-corrected chi connectivity index (χ2v) is 15.2. The first-order chi connectivity index (χ1) is 22.6. The maximum absolute atomic E-state index is 13.8. The largest absolute Gasteiger partial charge is 0.417 e. The summed E-state index contributed by atoms with van der Waals surface area (Å²) in [6, 6.07) is 29.5. The number of carbonyl (C=O) groups excluding carboxylic acids is 1. The van der Waals surface area contributed by atoms with Crippen LogP contribution >= 0.6 is 0 Å². The molecule has 1 N–H and O–H groups in total. The molecule has 0 saturated heterocycles. The lowest BCUT2D eigenvalue weighted by molar-refractivity contribution is -0.137. The minimum absolute atomic E-state index is 0.0261. The molecule has 1 aromatic heterocycles. The Morgan fingerprint density at radius 3 is 2.17 bits per heavy atom. The van der Waals surface area contributed by atoms with Crippen LogP contribution in [-0.2, 0) is 27.8 Å². The van der Waals surface area contributed by atoms with Gasteiger partial charge in [-0.2, -0.15) is 13.2 Å². The third kappa shape index (κ3) is 8.60. The summed E-state index contributed by atoms with van der Waals surface area (Å²) in [5.41, 5.74) is 4.50. The highest BCUT2D eigenvalue weighted by Gasteiger charge is 2.33. The topological polar surface area (TPSA) is 89.3 Å². The van der Waals surface area contributed by atoms with Gasteiger partial charge >= 0.3 is 6.18 Å². The summed E-state index contributed by atoms with van der Waals surface area (Å²) in [4.78, 5) is 12.6. The molecule has 1 amide bonds. The van der Waals surface area contributed by atoms with Crippen LogP contribution in [0, 0.1) is 0 Å². The molecule has 10 heteroatoms. The molecule has 0 saturated carbocycles. The number of aromatic nitrogens is 1. The summed E-state index contributed by atoms with van der Waals surface area (Å²) in [6.07, 6.45) is -2.86. The molecule has 0 spiro atoms. The van der Waals surface area contributed by atoms with Crippen molar-refractivity contribution < 1.29 is 30.9 Å². The van der Waals surface area contributed by atoms with Crippen molar-refractivity contribution in [3.8, 4) is 22.5 Å². The van der Waals surface area contributed by atoms with Crippen LogP contribution in [0.5, 0.6) is 0 Å². The Hall–Kier alpha value is -4.70. The van der Waals surface area contributed by atoms with Crippen molar-refractivity contribution in [3.05, 3.63) is 137 Å². The lowest BCUT2D eigenvalue weighted by atomic mass is 9.83. The number of amides is 1. The van der Waals surface area contributed by atoms with Crippen molar-refractivity contribution in [2.75, 3.05) is 18.6 Å². The van der Waals surface area contributed by atoms with Gasteiger partial charge in [0.25, 0.3) is 5.91 Å². The van der Waals surface area contributed by atoms with E-state index in [1.807, 2.05) is 18.2 Å². The maximum atomic E-state index is 13.8. The van der Waals surface area contributed by atoms with E-state index < -0.39 is 21.6 Å². The van der Waals surface area contributed by atoms with Crippen LogP contribution in [0.25, 0.3) is 22.5 Å².